The summed E-state index contributed by atoms with van der Waals surface area (Å²) < 4.78 is 32.5. The fraction of sp³-hybridized carbons (Fsp3) is 0.312. The molecule has 0 saturated carbocycles. The van der Waals surface area contributed by atoms with Crippen molar-refractivity contribution < 1.29 is 13.2 Å². The van der Waals surface area contributed by atoms with Crippen LogP contribution in [0.4, 0.5) is 5.82 Å². The molecule has 2 aromatic rings. The minimum atomic E-state index is -3.69. The third-order valence-corrected chi connectivity index (χ3v) is 5.78. The predicted molar refractivity (Wildman–Crippen MR) is 88.2 cm³/mol. The lowest BCUT2D eigenvalue weighted by Gasteiger charge is -2.19. The molecule has 0 saturated heterocycles. The molecule has 1 aromatic heterocycles. The summed E-state index contributed by atoms with van der Waals surface area (Å²) in [5.41, 5.74) is 6.60. The third-order valence-electron chi connectivity index (χ3n) is 4.02. The average Bonchev–Trinajstić information content (AvgIpc) is 2.95. The number of nitrogens with zero attached hydrogens (tertiary/aromatic N) is 2. The van der Waals surface area contributed by atoms with Crippen molar-refractivity contribution in [1.82, 2.24) is 4.98 Å². The minimum absolute atomic E-state index is 0.0732. The molecule has 1 unspecified atom stereocenters. The van der Waals surface area contributed by atoms with E-state index < -0.39 is 10.0 Å². The lowest BCUT2D eigenvalue weighted by Crippen LogP contribution is -2.30. The Labute approximate surface area is 136 Å². The van der Waals surface area contributed by atoms with Gasteiger partial charge in [0.1, 0.15) is 11.6 Å². The van der Waals surface area contributed by atoms with Crippen LogP contribution in [0.3, 0.4) is 0 Å². The first kappa shape index (κ1) is 15.8. The molecule has 122 valence electrons. The van der Waals surface area contributed by atoms with E-state index in [0.717, 1.165) is 12.0 Å². The Balaban J connectivity index is 2.04. The lowest BCUT2D eigenvalue weighted by atomic mass is 10.00. The van der Waals surface area contributed by atoms with Crippen LogP contribution in [0.25, 0.3) is 0 Å². The van der Waals surface area contributed by atoms with Crippen molar-refractivity contribution in [2.45, 2.75) is 17.2 Å². The van der Waals surface area contributed by atoms with Crippen molar-refractivity contribution in [3.63, 3.8) is 0 Å². The fourth-order valence-electron chi connectivity index (χ4n) is 2.87. The van der Waals surface area contributed by atoms with E-state index in [0.29, 0.717) is 24.7 Å². The normalized spacial score (nSPS) is 17.1. The number of benzene rings is 1. The average molecular weight is 333 g/mol. The SMILES string of the molecule is COc1cccc(S(=O)(=O)N2CC(CCN)c3cccnc32)c1. The molecule has 2 N–H and O–H groups in total. The third kappa shape index (κ3) is 2.77. The maximum Gasteiger partial charge on any atom is 0.265 e. The lowest BCUT2D eigenvalue weighted by molar-refractivity contribution is 0.413. The van der Waals surface area contributed by atoms with Crippen molar-refractivity contribution in [2.24, 2.45) is 5.73 Å². The monoisotopic (exact) mass is 333 g/mol. The summed E-state index contributed by atoms with van der Waals surface area (Å²) in [5.74, 6) is 1.07. The molecule has 3 rings (SSSR count). The van der Waals surface area contributed by atoms with Crippen LogP contribution in [0.5, 0.6) is 5.75 Å². The highest BCUT2D eigenvalue weighted by atomic mass is 32.2. The van der Waals surface area contributed by atoms with Gasteiger partial charge in [0.2, 0.25) is 0 Å². The Morgan fingerprint density at radius 3 is 2.91 bits per heavy atom. The smallest absolute Gasteiger partial charge is 0.265 e. The molecular formula is C16H19N3O3S. The molecule has 1 aromatic carbocycles. The zero-order valence-electron chi connectivity index (χ0n) is 12.8. The first-order valence-corrected chi connectivity index (χ1v) is 8.83. The standard InChI is InChI=1S/C16H19N3O3S/c1-22-13-4-2-5-14(10-13)23(20,21)19-11-12(7-8-17)15-6-3-9-18-16(15)19/h2-6,9-10,12H,7-8,11,17H2,1H3. The second kappa shape index (κ2) is 6.17. The van der Waals surface area contributed by atoms with Gasteiger partial charge in [-0.15, -0.1) is 0 Å². The van der Waals surface area contributed by atoms with Gasteiger partial charge in [-0.1, -0.05) is 12.1 Å². The molecule has 7 heteroatoms. The fourth-order valence-corrected chi connectivity index (χ4v) is 4.40. The Morgan fingerprint density at radius 2 is 2.17 bits per heavy atom. The Bertz CT molecular complexity index is 808. The van der Waals surface area contributed by atoms with Gasteiger partial charge in [0, 0.05) is 30.3 Å². The first-order valence-electron chi connectivity index (χ1n) is 7.39. The molecule has 1 aliphatic rings. The molecule has 0 fully saturated rings. The number of sulfonamides is 1. The van der Waals surface area contributed by atoms with Crippen LogP contribution in [0.1, 0.15) is 17.9 Å². The number of methoxy groups -OCH3 is 1. The molecule has 0 bridgehead atoms. The summed E-state index contributed by atoms with van der Waals surface area (Å²) in [6.07, 6.45) is 2.33. The second-order valence-electron chi connectivity index (χ2n) is 5.41. The van der Waals surface area contributed by atoms with Gasteiger partial charge in [-0.05, 0) is 31.2 Å². The summed E-state index contributed by atoms with van der Waals surface area (Å²) in [6, 6.07) is 10.2. The number of ether oxygens (including phenoxy) is 1. The van der Waals surface area contributed by atoms with Gasteiger partial charge in [0.15, 0.2) is 0 Å². The molecule has 1 atom stereocenters. The van der Waals surface area contributed by atoms with Crippen molar-refractivity contribution in [1.29, 1.82) is 0 Å². The van der Waals surface area contributed by atoms with E-state index in [4.69, 9.17) is 10.5 Å². The van der Waals surface area contributed by atoms with Crippen molar-refractivity contribution in [2.75, 3.05) is 24.5 Å². The van der Waals surface area contributed by atoms with Crippen molar-refractivity contribution in [3.8, 4) is 5.75 Å². The highest BCUT2D eigenvalue weighted by Crippen LogP contribution is 2.39. The largest absolute Gasteiger partial charge is 0.497 e. The summed E-state index contributed by atoms with van der Waals surface area (Å²) in [5, 5.41) is 0. The van der Waals surface area contributed by atoms with Gasteiger partial charge >= 0.3 is 0 Å². The summed E-state index contributed by atoms with van der Waals surface area (Å²) in [7, 11) is -2.18. The second-order valence-corrected chi connectivity index (χ2v) is 7.27. The van der Waals surface area contributed by atoms with Gasteiger partial charge < -0.3 is 10.5 Å². The number of nitrogens with two attached hydrogens (primary N) is 1. The van der Waals surface area contributed by atoms with E-state index in [-0.39, 0.29) is 10.8 Å². The number of hydrogen-bond acceptors (Lipinski definition) is 5. The highest BCUT2D eigenvalue weighted by molar-refractivity contribution is 7.92. The van der Waals surface area contributed by atoms with Crippen LogP contribution in [0.2, 0.25) is 0 Å². The van der Waals surface area contributed by atoms with E-state index in [9.17, 15) is 8.42 Å². The molecule has 0 spiro atoms. The first-order chi connectivity index (χ1) is 11.1. The topological polar surface area (TPSA) is 85.5 Å². The zero-order chi connectivity index (χ0) is 16.4. The van der Waals surface area contributed by atoms with Gasteiger partial charge in [0.25, 0.3) is 10.0 Å². The molecule has 0 radical (unpaired) electrons. The molecular weight excluding hydrogens is 314 g/mol. The molecule has 1 aliphatic heterocycles. The van der Waals surface area contributed by atoms with Crippen molar-refractivity contribution >= 4 is 15.8 Å². The minimum Gasteiger partial charge on any atom is -0.497 e. The summed E-state index contributed by atoms with van der Waals surface area (Å²) in [4.78, 5) is 4.48. The summed E-state index contributed by atoms with van der Waals surface area (Å²) in [6.45, 7) is 0.870. The summed E-state index contributed by atoms with van der Waals surface area (Å²) >= 11 is 0. The van der Waals surface area contributed by atoms with E-state index in [1.54, 1.807) is 24.4 Å². The molecule has 2 heterocycles. The maximum absolute atomic E-state index is 13.0. The molecule has 0 aliphatic carbocycles. The Morgan fingerprint density at radius 1 is 1.35 bits per heavy atom. The van der Waals surface area contributed by atoms with Crippen LogP contribution in [-0.2, 0) is 10.0 Å². The number of fused-ring (bicyclic) bond motifs is 1. The van der Waals surface area contributed by atoms with Gasteiger partial charge in [-0.2, -0.15) is 0 Å². The Hall–Kier alpha value is -2.12. The van der Waals surface area contributed by atoms with E-state index in [2.05, 4.69) is 4.98 Å². The molecule has 6 nitrogen and oxygen atoms in total. The van der Waals surface area contributed by atoms with Crippen LogP contribution in [-0.4, -0.2) is 33.6 Å². The van der Waals surface area contributed by atoms with Crippen LogP contribution < -0.4 is 14.8 Å². The van der Waals surface area contributed by atoms with Crippen LogP contribution in [0, 0.1) is 0 Å². The number of aromatic nitrogens is 1. The molecule has 0 amide bonds. The number of rotatable bonds is 5. The predicted octanol–water partition coefficient (Wildman–Crippen LogP) is 1.73. The quantitative estimate of drug-likeness (QED) is 0.900. The van der Waals surface area contributed by atoms with E-state index in [1.807, 2.05) is 12.1 Å². The van der Waals surface area contributed by atoms with Gasteiger partial charge in [-0.3, -0.25) is 0 Å². The van der Waals surface area contributed by atoms with E-state index in [1.165, 1.54) is 17.5 Å². The zero-order valence-corrected chi connectivity index (χ0v) is 13.7. The Kier molecular flexibility index (Phi) is 4.23. The van der Waals surface area contributed by atoms with Crippen molar-refractivity contribution in [3.05, 3.63) is 48.2 Å². The number of anilines is 1. The van der Waals surface area contributed by atoms with Gasteiger partial charge in [-0.25, -0.2) is 17.7 Å². The molecule has 23 heavy (non-hydrogen) atoms. The van der Waals surface area contributed by atoms with E-state index >= 15 is 0 Å². The van der Waals surface area contributed by atoms with Crippen LogP contribution >= 0.6 is 0 Å². The van der Waals surface area contributed by atoms with Crippen LogP contribution in [0.15, 0.2) is 47.5 Å². The number of pyridine rings is 1. The number of hydrogen-bond donors (Lipinski definition) is 1. The maximum atomic E-state index is 13.0. The highest BCUT2D eigenvalue weighted by Gasteiger charge is 2.37. The van der Waals surface area contributed by atoms with Gasteiger partial charge in [0.05, 0.1) is 12.0 Å².